The van der Waals surface area contributed by atoms with Gasteiger partial charge in [-0.25, -0.2) is 9.97 Å². The fraction of sp³-hybridized carbons (Fsp3) is 0.667. The number of pyridine rings is 1. The minimum absolute atomic E-state index is 0.0392. The molecule has 3 aliphatic rings. The molecule has 0 aromatic carbocycles. The highest BCUT2D eigenvalue weighted by Crippen LogP contribution is 2.31. The number of hydrogen-bond acceptors (Lipinski definition) is 5. The summed E-state index contributed by atoms with van der Waals surface area (Å²) in [6.45, 7) is 3.49. The molecular formula is C21H29N5O2. The molecule has 2 aliphatic heterocycles. The van der Waals surface area contributed by atoms with Crippen LogP contribution in [0.15, 0.2) is 18.6 Å². The third kappa shape index (κ3) is 3.42. The molecule has 1 amide bonds. The molecule has 1 aliphatic carbocycles. The number of nitrogens with zero attached hydrogens (tertiary/aromatic N) is 4. The normalized spacial score (nSPS) is 26.9. The van der Waals surface area contributed by atoms with Crippen molar-refractivity contribution >= 4 is 17.1 Å². The van der Waals surface area contributed by atoms with Gasteiger partial charge in [0.25, 0.3) is 5.91 Å². The van der Waals surface area contributed by atoms with Crippen molar-refractivity contribution in [3.8, 4) is 0 Å². The van der Waals surface area contributed by atoms with Crippen molar-refractivity contribution in [1.29, 1.82) is 0 Å². The Balaban J connectivity index is 1.30. The van der Waals surface area contributed by atoms with E-state index in [-0.39, 0.29) is 18.0 Å². The van der Waals surface area contributed by atoms with Crippen LogP contribution in [0.4, 0.5) is 0 Å². The number of carbonyl (C=O) groups excluding carboxylic acids is 1. The van der Waals surface area contributed by atoms with Crippen LogP contribution in [0, 0.1) is 0 Å². The molecule has 0 spiro atoms. The van der Waals surface area contributed by atoms with Gasteiger partial charge < -0.3 is 14.6 Å². The maximum Gasteiger partial charge on any atom is 0.253 e. The number of imidazole rings is 1. The lowest BCUT2D eigenvalue weighted by Gasteiger charge is -2.34. The van der Waals surface area contributed by atoms with Crippen LogP contribution in [-0.2, 0) is 4.74 Å². The van der Waals surface area contributed by atoms with Gasteiger partial charge in [0.2, 0.25) is 0 Å². The van der Waals surface area contributed by atoms with Crippen molar-refractivity contribution in [3.63, 3.8) is 0 Å². The summed E-state index contributed by atoms with van der Waals surface area (Å²) in [5, 5.41) is 3.19. The highest BCUT2D eigenvalue weighted by atomic mass is 16.5. The van der Waals surface area contributed by atoms with Gasteiger partial charge in [0.15, 0.2) is 5.65 Å². The van der Waals surface area contributed by atoms with Gasteiger partial charge in [-0.05, 0) is 44.8 Å². The van der Waals surface area contributed by atoms with E-state index in [1.165, 1.54) is 44.9 Å². The number of likely N-dealkylation sites (tertiary alicyclic amines) is 1. The molecule has 7 nitrogen and oxygen atoms in total. The molecule has 2 saturated heterocycles. The number of nitrogens with one attached hydrogen (secondary N) is 1. The van der Waals surface area contributed by atoms with Crippen LogP contribution in [-0.4, -0.2) is 63.7 Å². The summed E-state index contributed by atoms with van der Waals surface area (Å²) >= 11 is 0. The van der Waals surface area contributed by atoms with Crippen LogP contribution < -0.4 is 5.32 Å². The molecule has 28 heavy (non-hydrogen) atoms. The highest BCUT2D eigenvalue weighted by molar-refractivity contribution is 5.96. The molecule has 0 unspecified atom stereocenters. The molecule has 7 heteroatoms. The van der Waals surface area contributed by atoms with Crippen LogP contribution in [0.25, 0.3) is 11.2 Å². The third-order valence-corrected chi connectivity index (χ3v) is 6.62. The van der Waals surface area contributed by atoms with Gasteiger partial charge in [0.05, 0.1) is 37.2 Å². The molecule has 4 heterocycles. The first-order chi connectivity index (χ1) is 13.8. The molecule has 2 aromatic heterocycles. The zero-order valence-corrected chi connectivity index (χ0v) is 16.3. The van der Waals surface area contributed by atoms with E-state index in [1.54, 1.807) is 6.20 Å². The Hall–Kier alpha value is -1.99. The molecule has 5 rings (SSSR count). The minimum Gasteiger partial charge on any atom is -0.378 e. The standard InChI is InChI=1S/C21H29N5O2/c27-21(24-18-12-28-13-19(18)25-8-4-1-5-9-25)15-10-17-20(22-11-15)26(14-23-17)16-6-2-3-7-16/h10-11,14,16,18-19H,1-9,12-13H2,(H,24,27)/t18-,19-/m0/s1. The second kappa shape index (κ2) is 7.79. The number of amides is 1. The van der Waals surface area contributed by atoms with E-state index in [2.05, 4.69) is 24.8 Å². The van der Waals surface area contributed by atoms with Crippen LogP contribution in [0.2, 0.25) is 0 Å². The number of hydrogen-bond donors (Lipinski definition) is 1. The molecule has 0 bridgehead atoms. The Morgan fingerprint density at radius 1 is 1.07 bits per heavy atom. The number of aromatic nitrogens is 3. The Morgan fingerprint density at radius 2 is 1.89 bits per heavy atom. The fourth-order valence-corrected chi connectivity index (χ4v) is 5.04. The second-order valence-corrected chi connectivity index (χ2v) is 8.44. The van der Waals surface area contributed by atoms with Crippen LogP contribution >= 0.6 is 0 Å². The van der Waals surface area contributed by atoms with E-state index < -0.39 is 0 Å². The van der Waals surface area contributed by atoms with Gasteiger partial charge >= 0.3 is 0 Å². The minimum atomic E-state index is -0.0812. The van der Waals surface area contributed by atoms with Gasteiger partial charge in [-0.3, -0.25) is 9.69 Å². The van der Waals surface area contributed by atoms with Gasteiger partial charge in [0, 0.05) is 12.2 Å². The van der Waals surface area contributed by atoms with E-state index in [0.717, 1.165) is 24.3 Å². The third-order valence-electron chi connectivity index (χ3n) is 6.62. The summed E-state index contributed by atoms with van der Waals surface area (Å²) in [5.41, 5.74) is 2.27. The smallest absolute Gasteiger partial charge is 0.253 e. The lowest BCUT2D eigenvalue weighted by Crippen LogP contribution is -2.52. The number of fused-ring (bicyclic) bond motifs is 1. The SMILES string of the molecule is O=C(N[C@H]1COC[C@@H]1N1CCCCC1)c1cnc2c(c1)ncn2C1CCCC1. The van der Waals surface area contributed by atoms with Crippen molar-refractivity contribution in [3.05, 3.63) is 24.2 Å². The predicted octanol–water partition coefficient (Wildman–Crippen LogP) is 2.53. The maximum atomic E-state index is 12.9. The average molecular weight is 383 g/mol. The predicted molar refractivity (Wildman–Crippen MR) is 106 cm³/mol. The number of ether oxygens (including phenoxy) is 1. The lowest BCUT2D eigenvalue weighted by atomic mass is 10.0. The highest BCUT2D eigenvalue weighted by Gasteiger charge is 2.34. The Labute approximate surface area is 165 Å². The van der Waals surface area contributed by atoms with E-state index in [4.69, 9.17) is 4.74 Å². The van der Waals surface area contributed by atoms with Crippen molar-refractivity contribution in [2.75, 3.05) is 26.3 Å². The summed E-state index contributed by atoms with van der Waals surface area (Å²) in [7, 11) is 0. The van der Waals surface area contributed by atoms with Crippen LogP contribution in [0.1, 0.15) is 61.3 Å². The molecule has 3 fully saturated rings. The van der Waals surface area contributed by atoms with E-state index in [0.29, 0.717) is 24.8 Å². The Bertz CT molecular complexity index is 838. The van der Waals surface area contributed by atoms with Crippen LogP contribution in [0.3, 0.4) is 0 Å². The molecule has 0 radical (unpaired) electrons. The van der Waals surface area contributed by atoms with Crippen molar-refractivity contribution in [2.45, 2.75) is 63.1 Å². The van der Waals surface area contributed by atoms with E-state index in [1.807, 2.05) is 12.4 Å². The molecule has 2 atom stereocenters. The Kier molecular flexibility index (Phi) is 5.03. The fourth-order valence-electron chi connectivity index (χ4n) is 5.04. The summed E-state index contributed by atoms with van der Waals surface area (Å²) in [5.74, 6) is -0.0812. The van der Waals surface area contributed by atoms with Gasteiger partial charge in [-0.15, -0.1) is 0 Å². The summed E-state index contributed by atoms with van der Waals surface area (Å²) in [6.07, 6.45) is 12.3. The quantitative estimate of drug-likeness (QED) is 0.878. The van der Waals surface area contributed by atoms with Crippen molar-refractivity contribution in [1.82, 2.24) is 24.8 Å². The summed E-state index contributed by atoms with van der Waals surface area (Å²) in [6, 6.07) is 2.69. The first-order valence-electron chi connectivity index (χ1n) is 10.7. The Morgan fingerprint density at radius 3 is 2.71 bits per heavy atom. The van der Waals surface area contributed by atoms with Crippen LogP contribution in [0.5, 0.6) is 0 Å². The zero-order chi connectivity index (χ0) is 18.9. The molecule has 1 saturated carbocycles. The largest absolute Gasteiger partial charge is 0.378 e. The first-order valence-corrected chi connectivity index (χ1v) is 10.7. The summed E-state index contributed by atoms with van der Waals surface area (Å²) in [4.78, 5) is 24.5. The molecule has 1 N–H and O–H groups in total. The molecule has 150 valence electrons. The topological polar surface area (TPSA) is 72.3 Å². The average Bonchev–Trinajstić information content (AvgIpc) is 3.48. The number of carbonyl (C=O) groups is 1. The maximum absolute atomic E-state index is 12.9. The molecular weight excluding hydrogens is 354 g/mol. The van der Waals surface area contributed by atoms with Gasteiger partial charge in [-0.2, -0.15) is 0 Å². The number of rotatable bonds is 4. The van der Waals surface area contributed by atoms with Crippen molar-refractivity contribution < 1.29 is 9.53 Å². The van der Waals surface area contributed by atoms with E-state index in [9.17, 15) is 4.79 Å². The van der Waals surface area contributed by atoms with Crippen molar-refractivity contribution in [2.24, 2.45) is 0 Å². The monoisotopic (exact) mass is 383 g/mol. The summed E-state index contributed by atoms with van der Waals surface area (Å²) < 4.78 is 7.88. The second-order valence-electron chi connectivity index (χ2n) is 8.44. The van der Waals surface area contributed by atoms with Gasteiger partial charge in [-0.1, -0.05) is 19.3 Å². The van der Waals surface area contributed by atoms with Gasteiger partial charge in [0.1, 0.15) is 5.52 Å². The molecule has 2 aromatic rings. The van der Waals surface area contributed by atoms with E-state index >= 15 is 0 Å². The number of piperidine rings is 1. The first kappa shape index (κ1) is 18.1. The lowest BCUT2D eigenvalue weighted by molar-refractivity contribution is 0.0899. The zero-order valence-electron chi connectivity index (χ0n) is 16.3.